The highest BCUT2D eigenvalue weighted by atomic mass is 16.5. The number of carbonyl (C=O) groups is 1. The second-order valence-electron chi connectivity index (χ2n) is 5.25. The second kappa shape index (κ2) is 8.14. The molecule has 6 heteroatoms. The van der Waals surface area contributed by atoms with Gasteiger partial charge in [0.1, 0.15) is 5.69 Å². The molecule has 0 spiro atoms. The zero-order chi connectivity index (χ0) is 16.7. The van der Waals surface area contributed by atoms with Gasteiger partial charge in [0.2, 0.25) is 0 Å². The highest BCUT2D eigenvalue weighted by molar-refractivity contribution is 6.03. The monoisotopic (exact) mass is 314 g/mol. The minimum Gasteiger partial charge on any atom is -0.383 e. The van der Waals surface area contributed by atoms with Crippen LogP contribution in [0.2, 0.25) is 0 Å². The van der Waals surface area contributed by atoms with Crippen LogP contribution >= 0.6 is 0 Å². The number of pyridine rings is 1. The predicted octanol–water partition coefficient (Wildman–Crippen LogP) is 2.46. The Labute approximate surface area is 136 Å². The zero-order valence-corrected chi connectivity index (χ0v) is 13.7. The van der Waals surface area contributed by atoms with Crippen molar-refractivity contribution >= 4 is 23.0 Å². The van der Waals surface area contributed by atoms with Crippen LogP contribution in [0.5, 0.6) is 0 Å². The summed E-state index contributed by atoms with van der Waals surface area (Å²) in [6.45, 7) is 1.31. The largest absolute Gasteiger partial charge is 0.383 e. The molecule has 2 N–H and O–H groups in total. The van der Waals surface area contributed by atoms with Crippen LogP contribution in [0.3, 0.4) is 0 Å². The van der Waals surface area contributed by atoms with Crippen molar-refractivity contribution in [3.8, 4) is 0 Å². The fourth-order valence-electron chi connectivity index (χ4n) is 1.97. The number of hydrogen-bond donors (Lipinski definition) is 2. The molecule has 2 aromatic rings. The molecule has 0 saturated heterocycles. The highest BCUT2D eigenvalue weighted by Gasteiger charge is 2.08. The lowest BCUT2D eigenvalue weighted by Crippen LogP contribution is -2.14. The summed E-state index contributed by atoms with van der Waals surface area (Å²) < 4.78 is 4.96. The van der Waals surface area contributed by atoms with Gasteiger partial charge in [-0.05, 0) is 36.4 Å². The van der Waals surface area contributed by atoms with E-state index in [9.17, 15) is 4.79 Å². The minimum atomic E-state index is -0.231. The maximum Gasteiger partial charge on any atom is 0.274 e. The van der Waals surface area contributed by atoms with Crippen molar-refractivity contribution in [1.82, 2.24) is 4.98 Å². The van der Waals surface area contributed by atoms with E-state index in [-0.39, 0.29) is 5.91 Å². The third-order valence-corrected chi connectivity index (χ3v) is 3.27. The summed E-state index contributed by atoms with van der Waals surface area (Å²) >= 11 is 0. The average Bonchev–Trinajstić information content (AvgIpc) is 2.56. The van der Waals surface area contributed by atoms with Crippen LogP contribution in [0.1, 0.15) is 10.5 Å². The number of rotatable bonds is 7. The fourth-order valence-corrected chi connectivity index (χ4v) is 1.97. The first-order valence-electron chi connectivity index (χ1n) is 7.38. The van der Waals surface area contributed by atoms with Crippen LogP contribution in [-0.4, -0.2) is 45.2 Å². The lowest BCUT2D eigenvalue weighted by Gasteiger charge is -2.13. The number of nitrogens with one attached hydrogen (secondary N) is 2. The molecule has 0 fully saturated rings. The Morgan fingerprint density at radius 1 is 1.13 bits per heavy atom. The third-order valence-electron chi connectivity index (χ3n) is 3.27. The summed E-state index contributed by atoms with van der Waals surface area (Å²) in [4.78, 5) is 18.4. The predicted molar refractivity (Wildman–Crippen MR) is 93.3 cm³/mol. The number of anilines is 3. The van der Waals surface area contributed by atoms with Gasteiger partial charge in [0.15, 0.2) is 0 Å². The number of amides is 1. The number of ether oxygens (including phenoxy) is 1. The average molecular weight is 314 g/mol. The molecule has 0 radical (unpaired) electrons. The molecule has 0 bridgehead atoms. The molecule has 122 valence electrons. The summed E-state index contributed by atoms with van der Waals surface area (Å²) in [6.07, 6.45) is 1.64. The van der Waals surface area contributed by atoms with E-state index in [4.69, 9.17) is 4.74 Å². The Morgan fingerprint density at radius 2 is 1.83 bits per heavy atom. The van der Waals surface area contributed by atoms with Crippen LogP contribution in [0.15, 0.2) is 42.6 Å². The second-order valence-corrected chi connectivity index (χ2v) is 5.25. The minimum absolute atomic E-state index is 0.231. The van der Waals surface area contributed by atoms with Gasteiger partial charge in [0, 0.05) is 39.1 Å². The summed E-state index contributed by atoms with van der Waals surface area (Å²) in [5.74, 6) is -0.231. The van der Waals surface area contributed by atoms with E-state index in [0.29, 0.717) is 18.8 Å². The first-order chi connectivity index (χ1) is 11.1. The zero-order valence-electron chi connectivity index (χ0n) is 13.7. The number of carbonyl (C=O) groups excluding carboxylic acids is 1. The van der Waals surface area contributed by atoms with Gasteiger partial charge < -0.3 is 20.3 Å². The Bertz CT molecular complexity index is 624. The molecule has 1 aromatic carbocycles. The Morgan fingerprint density at radius 3 is 2.39 bits per heavy atom. The topological polar surface area (TPSA) is 66.5 Å². The van der Waals surface area contributed by atoms with Gasteiger partial charge in [-0.3, -0.25) is 4.79 Å². The van der Waals surface area contributed by atoms with Gasteiger partial charge in [0.05, 0.1) is 18.5 Å². The van der Waals surface area contributed by atoms with Crippen molar-refractivity contribution in [2.75, 3.05) is 49.9 Å². The van der Waals surface area contributed by atoms with Crippen molar-refractivity contribution in [3.05, 3.63) is 48.3 Å². The van der Waals surface area contributed by atoms with Gasteiger partial charge in [-0.1, -0.05) is 0 Å². The number of methoxy groups -OCH3 is 1. The molecule has 0 unspecified atom stereocenters. The number of nitrogens with zero attached hydrogens (tertiary/aromatic N) is 2. The normalized spacial score (nSPS) is 10.2. The molecule has 1 amide bonds. The van der Waals surface area contributed by atoms with Crippen molar-refractivity contribution < 1.29 is 9.53 Å². The van der Waals surface area contributed by atoms with Gasteiger partial charge in [-0.2, -0.15) is 0 Å². The molecule has 23 heavy (non-hydrogen) atoms. The third kappa shape index (κ3) is 4.96. The number of hydrogen-bond acceptors (Lipinski definition) is 5. The fraction of sp³-hybridized carbons (Fsp3) is 0.294. The first-order valence-corrected chi connectivity index (χ1v) is 7.38. The Kier molecular flexibility index (Phi) is 5.94. The standard InChI is InChI=1S/C17H22N4O2/c1-21(2)15-7-4-13(5-8-15)20-17(22)16-9-6-14(12-19-16)18-10-11-23-3/h4-9,12,18H,10-11H2,1-3H3,(H,20,22). The molecule has 0 aliphatic heterocycles. The quantitative estimate of drug-likeness (QED) is 0.769. The molecule has 0 atom stereocenters. The molecule has 0 saturated carbocycles. The van der Waals surface area contributed by atoms with E-state index in [0.717, 1.165) is 17.1 Å². The molecule has 0 aliphatic rings. The van der Waals surface area contributed by atoms with E-state index in [2.05, 4.69) is 15.6 Å². The molecular formula is C17H22N4O2. The molecule has 6 nitrogen and oxygen atoms in total. The maximum atomic E-state index is 12.2. The van der Waals surface area contributed by atoms with E-state index >= 15 is 0 Å². The first kappa shape index (κ1) is 16.8. The Hall–Kier alpha value is -2.60. The van der Waals surface area contributed by atoms with Gasteiger partial charge in [-0.15, -0.1) is 0 Å². The van der Waals surface area contributed by atoms with Gasteiger partial charge >= 0.3 is 0 Å². The highest BCUT2D eigenvalue weighted by Crippen LogP contribution is 2.16. The van der Waals surface area contributed by atoms with E-state index < -0.39 is 0 Å². The molecule has 0 aliphatic carbocycles. The van der Waals surface area contributed by atoms with E-state index in [1.807, 2.05) is 49.3 Å². The van der Waals surface area contributed by atoms with Crippen LogP contribution in [0.4, 0.5) is 17.1 Å². The van der Waals surface area contributed by atoms with Crippen molar-refractivity contribution in [1.29, 1.82) is 0 Å². The van der Waals surface area contributed by atoms with Crippen LogP contribution in [0.25, 0.3) is 0 Å². The lowest BCUT2D eigenvalue weighted by atomic mass is 10.2. The smallest absolute Gasteiger partial charge is 0.274 e. The molecule has 2 rings (SSSR count). The van der Waals surface area contributed by atoms with Crippen molar-refractivity contribution in [2.24, 2.45) is 0 Å². The van der Waals surface area contributed by atoms with Crippen LogP contribution in [0, 0.1) is 0 Å². The number of benzene rings is 1. The van der Waals surface area contributed by atoms with Crippen molar-refractivity contribution in [3.63, 3.8) is 0 Å². The molecular weight excluding hydrogens is 292 g/mol. The SMILES string of the molecule is COCCNc1ccc(C(=O)Nc2ccc(N(C)C)cc2)nc1. The Balaban J connectivity index is 1.94. The van der Waals surface area contributed by atoms with Crippen LogP contribution < -0.4 is 15.5 Å². The van der Waals surface area contributed by atoms with Gasteiger partial charge in [-0.25, -0.2) is 4.98 Å². The van der Waals surface area contributed by atoms with E-state index in [1.54, 1.807) is 19.4 Å². The summed E-state index contributed by atoms with van der Waals surface area (Å²) in [7, 11) is 5.60. The van der Waals surface area contributed by atoms with Crippen LogP contribution in [-0.2, 0) is 4.74 Å². The molecule has 1 aromatic heterocycles. The van der Waals surface area contributed by atoms with E-state index in [1.165, 1.54) is 0 Å². The summed E-state index contributed by atoms with van der Waals surface area (Å²) in [5.41, 5.74) is 3.05. The molecule has 1 heterocycles. The lowest BCUT2D eigenvalue weighted by molar-refractivity contribution is 0.102. The maximum absolute atomic E-state index is 12.2. The van der Waals surface area contributed by atoms with Crippen molar-refractivity contribution in [2.45, 2.75) is 0 Å². The van der Waals surface area contributed by atoms with Gasteiger partial charge in [0.25, 0.3) is 5.91 Å². The summed E-state index contributed by atoms with van der Waals surface area (Å²) in [5, 5.41) is 5.99. The summed E-state index contributed by atoms with van der Waals surface area (Å²) in [6, 6.07) is 11.2. The number of aromatic nitrogens is 1.